The molecule has 0 spiro atoms. The highest BCUT2D eigenvalue weighted by Crippen LogP contribution is 2.56. The van der Waals surface area contributed by atoms with E-state index in [1.807, 2.05) is 18.2 Å². The van der Waals surface area contributed by atoms with Crippen LogP contribution in [-0.2, 0) is 5.41 Å². The molecular formula is C64H42N4. The van der Waals surface area contributed by atoms with Gasteiger partial charge in [0.05, 0.1) is 28.0 Å². The molecule has 0 saturated carbocycles. The van der Waals surface area contributed by atoms with Crippen molar-refractivity contribution in [2.75, 3.05) is 0 Å². The van der Waals surface area contributed by atoms with Crippen LogP contribution < -0.4 is 0 Å². The van der Waals surface area contributed by atoms with Crippen LogP contribution in [0.4, 0.5) is 0 Å². The Morgan fingerprint density at radius 1 is 0.353 bits per heavy atom. The highest BCUT2D eigenvalue weighted by Gasteiger charge is 2.46. The SMILES string of the molecule is c1ccc(-c2nc(-c3ccc(-c4nn5c(-c6ccccc6)cc6ccccc6c5c4-c4ccccc4)cc3)cc(-c3ccc4c(c3)C(c3ccccc3)(c3ccccc3)c3ccccc3-4)n2)cc1. The third-order valence-electron chi connectivity index (χ3n) is 13.7. The molecule has 0 atom stereocenters. The average Bonchev–Trinajstić information content (AvgIpc) is 3.97. The minimum Gasteiger partial charge on any atom is -0.231 e. The number of pyridine rings is 1. The van der Waals surface area contributed by atoms with E-state index in [-0.39, 0.29) is 0 Å². The molecule has 13 rings (SSSR count). The van der Waals surface area contributed by atoms with Gasteiger partial charge in [-0.2, -0.15) is 5.10 Å². The summed E-state index contributed by atoms with van der Waals surface area (Å²) >= 11 is 0. The van der Waals surface area contributed by atoms with Crippen LogP contribution >= 0.6 is 0 Å². The zero-order chi connectivity index (χ0) is 45.0. The van der Waals surface area contributed by atoms with Crippen LogP contribution in [0, 0.1) is 0 Å². The smallest absolute Gasteiger partial charge is 0.160 e. The molecule has 0 N–H and O–H groups in total. The molecule has 0 saturated heterocycles. The average molecular weight is 867 g/mol. The molecule has 12 aromatic rings. The normalized spacial score (nSPS) is 12.5. The summed E-state index contributed by atoms with van der Waals surface area (Å²) < 4.78 is 2.14. The lowest BCUT2D eigenvalue weighted by molar-refractivity contribution is 0.768. The molecule has 0 aliphatic heterocycles. The van der Waals surface area contributed by atoms with E-state index in [2.05, 4.69) is 241 Å². The summed E-state index contributed by atoms with van der Waals surface area (Å²) in [5.41, 5.74) is 19.0. The molecule has 0 radical (unpaired) electrons. The molecule has 3 heterocycles. The van der Waals surface area contributed by atoms with Crippen molar-refractivity contribution in [3.63, 3.8) is 0 Å². The van der Waals surface area contributed by atoms with E-state index in [0.717, 1.165) is 72.6 Å². The van der Waals surface area contributed by atoms with Crippen LogP contribution in [0.1, 0.15) is 22.3 Å². The van der Waals surface area contributed by atoms with Crippen molar-refractivity contribution in [2.45, 2.75) is 5.41 Å². The quantitative estimate of drug-likeness (QED) is 0.153. The number of nitrogens with zero attached hydrogens (tertiary/aromatic N) is 4. The molecule has 3 aromatic heterocycles. The summed E-state index contributed by atoms with van der Waals surface area (Å²) in [4.78, 5) is 10.6. The minimum absolute atomic E-state index is 0.525. The van der Waals surface area contributed by atoms with Gasteiger partial charge in [-0.15, -0.1) is 0 Å². The van der Waals surface area contributed by atoms with Crippen LogP contribution in [0.25, 0.3) is 95.0 Å². The van der Waals surface area contributed by atoms with Gasteiger partial charge in [0.1, 0.15) is 5.69 Å². The number of aromatic nitrogens is 4. The van der Waals surface area contributed by atoms with E-state index in [0.29, 0.717) is 5.82 Å². The first-order valence-corrected chi connectivity index (χ1v) is 23.2. The maximum absolute atomic E-state index is 5.49. The summed E-state index contributed by atoms with van der Waals surface area (Å²) in [6.07, 6.45) is 0. The Labute approximate surface area is 395 Å². The number of hydrogen-bond acceptors (Lipinski definition) is 3. The molecule has 0 amide bonds. The molecule has 0 unspecified atom stereocenters. The van der Waals surface area contributed by atoms with Gasteiger partial charge in [-0.05, 0) is 62.5 Å². The second-order valence-corrected chi connectivity index (χ2v) is 17.5. The van der Waals surface area contributed by atoms with Crippen LogP contribution in [0.2, 0.25) is 0 Å². The fourth-order valence-corrected chi connectivity index (χ4v) is 10.6. The second kappa shape index (κ2) is 16.2. The van der Waals surface area contributed by atoms with E-state index < -0.39 is 5.41 Å². The Morgan fingerprint density at radius 2 is 0.868 bits per heavy atom. The van der Waals surface area contributed by atoms with E-state index in [4.69, 9.17) is 15.1 Å². The van der Waals surface area contributed by atoms with E-state index in [1.165, 1.54) is 38.8 Å². The second-order valence-electron chi connectivity index (χ2n) is 17.5. The van der Waals surface area contributed by atoms with Gasteiger partial charge in [0.15, 0.2) is 5.82 Å². The molecule has 318 valence electrons. The molecule has 4 heteroatoms. The Balaban J connectivity index is 0.983. The Kier molecular flexibility index (Phi) is 9.36. The maximum Gasteiger partial charge on any atom is 0.160 e. The lowest BCUT2D eigenvalue weighted by Gasteiger charge is -2.34. The largest absolute Gasteiger partial charge is 0.231 e. The Hall–Kier alpha value is -8.99. The lowest BCUT2D eigenvalue weighted by atomic mass is 9.67. The van der Waals surface area contributed by atoms with E-state index in [1.54, 1.807) is 0 Å². The Morgan fingerprint density at radius 3 is 1.54 bits per heavy atom. The van der Waals surface area contributed by atoms with Gasteiger partial charge in [0, 0.05) is 38.8 Å². The summed E-state index contributed by atoms with van der Waals surface area (Å²) in [5.74, 6) is 0.676. The van der Waals surface area contributed by atoms with Crippen molar-refractivity contribution >= 4 is 16.3 Å². The first kappa shape index (κ1) is 39.4. The van der Waals surface area contributed by atoms with Gasteiger partial charge in [0.25, 0.3) is 0 Å². The third kappa shape index (κ3) is 6.34. The van der Waals surface area contributed by atoms with E-state index >= 15 is 0 Å². The fraction of sp³-hybridized carbons (Fsp3) is 0.0156. The van der Waals surface area contributed by atoms with Crippen molar-refractivity contribution in [1.29, 1.82) is 0 Å². The predicted octanol–water partition coefficient (Wildman–Crippen LogP) is 15.6. The van der Waals surface area contributed by atoms with Crippen molar-refractivity contribution < 1.29 is 0 Å². The predicted molar refractivity (Wildman–Crippen MR) is 278 cm³/mol. The zero-order valence-electron chi connectivity index (χ0n) is 37.0. The molecule has 9 aromatic carbocycles. The standard InChI is InChI=1S/C64H42N4/c1-6-20-44(21-7-1)59-41-48-26-16-17-31-52(48)62-60(45-22-8-2-9-23-45)61(67-68(59)62)46-36-34-43(35-37-46)57-42-58(66-63(65-57)47-24-10-3-11-25-47)49-38-39-54-53-32-18-19-33-55(53)64(56(54)40-49,50-27-12-4-13-28-50)51-29-14-5-15-30-51/h1-42H. The van der Waals surface area contributed by atoms with Crippen molar-refractivity contribution in [1.82, 2.24) is 19.6 Å². The summed E-state index contributed by atoms with van der Waals surface area (Å²) in [5, 5.41) is 7.81. The van der Waals surface area contributed by atoms with Crippen molar-refractivity contribution in [2.24, 2.45) is 0 Å². The molecule has 1 aliphatic carbocycles. The lowest BCUT2D eigenvalue weighted by Crippen LogP contribution is -2.28. The molecule has 0 fully saturated rings. The molecule has 0 bridgehead atoms. The molecule has 68 heavy (non-hydrogen) atoms. The highest BCUT2D eigenvalue weighted by atomic mass is 15.2. The van der Waals surface area contributed by atoms with Crippen LogP contribution in [-0.4, -0.2) is 19.6 Å². The van der Waals surface area contributed by atoms with Crippen molar-refractivity contribution in [3.05, 3.63) is 277 Å². The van der Waals surface area contributed by atoms with Crippen LogP contribution in [0.15, 0.2) is 255 Å². The topological polar surface area (TPSA) is 43.1 Å². The first-order valence-electron chi connectivity index (χ1n) is 23.2. The minimum atomic E-state index is -0.525. The van der Waals surface area contributed by atoms with Gasteiger partial charge in [-0.3, -0.25) is 0 Å². The summed E-state index contributed by atoms with van der Waals surface area (Å²) in [6.45, 7) is 0. The highest BCUT2D eigenvalue weighted by molar-refractivity contribution is 6.08. The van der Waals surface area contributed by atoms with Crippen molar-refractivity contribution in [3.8, 4) is 78.7 Å². The van der Waals surface area contributed by atoms with Crippen LogP contribution in [0.3, 0.4) is 0 Å². The van der Waals surface area contributed by atoms with Gasteiger partial charge < -0.3 is 0 Å². The third-order valence-corrected chi connectivity index (χ3v) is 13.7. The monoisotopic (exact) mass is 866 g/mol. The number of hydrogen-bond donors (Lipinski definition) is 0. The molecular weight excluding hydrogens is 825 g/mol. The Bertz CT molecular complexity index is 3770. The summed E-state index contributed by atoms with van der Waals surface area (Å²) in [7, 11) is 0. The number of benzene rings is 9. The maximum atomic E-state index is 5.49. The summed E-state index contributed by atoms with van der Waals surface area (Å²) in [6, 6.07) is 91.0. The zero-order valence-corrected chi connectivity index (χ0v) is 37.0. The van der Waals surface area contributed by atoms with Gasteiger partial charge in [0.2, 0.25) is 0 Å². The van der Waals surface area contributed by atoms with Gasteiger partial charge in [-0.1, -0.05) is 237 Å². The number of rotatable bonds is 8. The fourth-order valence-electron chi connectivity index (χ4n) is 10.6. The first-order chi connectivity index (χ1) is 33.7. The molecule has 4 nitrogen and oxygen atoms in total. The van der Waals surface area contributed by atoms with Gasteiger partial charge in [-0.25, -0.2) is 14.5 Å². The van der Waals surface area contributed by atoms with Gasteiger partial charge >= 0.3 is 0 Å². The van der Waals surface area contributed by atoms with Crippen LogP contribution in [0.5, 0.6) is 0 Å². The molecule has 1 aliphatic rings. The number of fused-ring (bicyclic) bond motifs is 6. The van der Waals surface area contributed by atoms with E-state index in [9.17, 15) is 0 Å².